The minimum absolute atomic E-state index is 0.178. The van der Waals surface area contributed by atoms with E-state index in [4.69, 9.17) is 4.74 Å². The van der Waals surface area contributed by atoms with E-state index in [1.165, 1.54) is 17.0 Å². The van der Waals surface area contributed by atoms with Crippen LogP contribution in [0.5, 0.6) is 0 Å². The molecule has 1 aliphatic carbocycles. The smallest absolute Gasteiger partial charge is 0.338 e. The fourth-order valence-corrected chi connectivity index (χ4v) is 4.46. The van der Waals surface area contributed by atoms with Gasteiger partial charge in [0.05, 0.1) is 23.1 Å². The Bertz CT molecular complexity index is 1070. The van der Waals surface area contributed by atoms with Crippen LogP contribution in [0.15, 0.2) is 42.5 Å². The maximum Gasteiger partial charge on any atom is 0.338 e. The maximum atomic E-state index is 12.8. The van der Waals surface area contributed by atoms with Crippen LogP contribution in [0.25, 0.3) is 0 Å². The van der Waals surface area contributed by atoms with Crippen molar-refractivity contribution >= 4 is 35.1 Å². The third-order valence-corrected chi connectivity index (χ3v) is 6.18. The first-order valence-electron chi connectivity index (χ1n) is 10.9. The highest BCUT2D eigenvalue weighted by molar-refractivity contribution is 6.22. The Labute approximate surface area is 186 Å². The molecule has 1 heterocycles. The summed E-state index contributed by atoms with van der Waals surface area (Å²) in [5.74, 6) is -2.06. The largest absolute Gasteiger partial charge is 0.452 e. The van der Waals surface area contributed by atoms with Crippen LogP contribution < -0.4 is 10.2 Å². The third kappa shape index (κ3) is 4.28. The first-order chi connectivity index (χ1) is 15.3. The lowest BCUT2D eigenvalue weighted by Crippen LogP contribution is -2.31. The first kappa shape index (κ1) is 21.7. The molecule has 2 aromatic carbocycles. The number of hydrogen-bond donors (Lipinski definition) is 1. The Morgan fingerprint density at radius 2 is 1.69 bits per heavy atom. The number of benzene rings is 2. The highest BCUT2D eigenvalue weighted by atomic mass is 16.5. The molecule has 2 atom stereocenters. The number of hydrogen-bond acceptors (Lipinski definition) is 5. The minimum Gasteiger partial charge on any atom is -0.452 e. The molecule has 1 saturated carbocycles. The van der Waals surface area contributed by atoms with Gasteiger partial charge in [-0.05, 0) is 62.1 Å². The molecular weight excluding hydrogens is 408 g/mol. The summed E-state index contributed by atoms with van der Waals surface area (Å²) in [5, 5.41) is 2.74. The second-order valence-electron chi connectivity index (χ2n) is 8.50. The number of aryl methyl sites for hydroxylation is 2. The van der Waals surface area contributed by atoms with Crippen molar-refractivity contribution in [3.63, 3.8) is 0 Å². The molecule has 32 heavy (non-hydrogen) atoms. The summed E-state index contributed by atoms with van der Waals surface area (Å²) in [6.45, 7) is 3.36. The van der Waals surface area contributed by atoms with Gasteiger partial charge in [0, 0.05) is 5.69 Å². The SMILES string of the molecule is Cc1ccc(C)c(NC(=O)COC(=O)c2cccc(N3C(=O)[C@@H]4CCCC[C@H]4C3=O)c2)c1. The van der Waals surface area contributed by atoms with Crippen molar-refractivity contribution < 1.29 is 23.9 Å². The fourth-order valence-electron chi connectivity index (χ4n) is 4.46. The lowest BCUT2D eigenvalue weighted by atomic mass is 9.81. The molecule has 4 rings (SSSR count). The molecule has 7 heteroatoms. The molecule has 7 nitrogen and oxygen atoms in total. The van der Waals surface area contributed by atoms with Gasteiger partial charge in [-0.3, -0.25) is 19.3 Å². The number of ether oxygens (including phenoxy) is 1. The highest BCUT2D eigenvalue weighted by Gasteiger charge is 2.48. The van der Waals surface area contributed by atoms with Gasteiger partial charge >= 0.3 is 5.97 Å². The van der Waals surface area contributed by atoms with Gasteiger partial charge in [-0.25, -0.2) is 4.79 Å². The van der Waals surface area contributed by atoms with E-state index in [-0.39, 0.29) is 29.2 Å². The van der Waals surface area contributed by atoms with Crippen LogP contribution in [-0.4, -0.2) is 30.3 Å². The second kappa shape index (κ2) is 8.94. The molecule has 0 spiro atoms. The van der Waals surface area contributed by atoms with Crippen LogP contribution in [0.4, 0.5) is 11.4 Å². The Balaban J connectivity index is 1.41. The molecule has 1 N–H and O–H groups in total. The predicted molar refractivity (Wildman–Crippen MR) is 119 cm³/mol. The van der Waals surface area contributed by atoms with Crippen LogP contribution in [0.2, 0.25) is 0 Å². The van der Waals surface area contributed by atoms with E-state index >= 15 is 0 Å². The predicted octanol–water partition coefficient (Wildman–Crippen LogP) is 3.78. The summed E-state index contributed by atoms with van der Waals surface area (Å²) in [7, 11) is 0. The van der Waals surface area contributed by atoms with Gasteiger partial charge < -0.3 is 10.1 Å². The number of amides is 3. The number of fused-ring (bicyclic) bond motifs is 1. The summed E-state index contributed by atoms with van der Waals surface area (Å²) < 4.78 is 5.16. The van der Waals surface area contributed by atoms with E-state index in [1.807, 2.05) is 32.0 Å². The Morgan fingerprint density at radius 1 is 1.00 bits per heavy atom. The van der Waals surface area contributed by atoms with E-state index in [0.717, 1.165) is 36.8 Å². The van der Waals surface area contributed by atoms with Crippen molar-refractivity contribution in [1.29, 1.82) is 0 Å². The van der Waals surface area contributed by atoms with Crippen LogP contribution in [-0.2, 0) is 19.1 Å². The van der Waals surface area contributed by atoms with E-state index < -0.39 is 18.5 Å². The van der Waals surface area contributed by atoms with Gasteiger partial charge in [-0.1, -0.05) is 31.0 Å². The van der Waals surface area contributed by atoms with E-state index in [2.05, 4.69) is 5.32 Å². The molecule has 1 saturated heterocycles. The number of nitrogens with one attached hydrogen (secondary N) is 1. The summed E-state index contributed by atoms with van der Waals surface area (Å²) in [6.07, 6.45) is 3.35. The molecule has 2 aliphatic rings. The second-order valence-corrected chi connectivity index (χ2v) is 8.50. The normalized spacial score (nSPS) is 20.1. The maximum absolute atomic E-state index is 12.8. The fraction of sp³-hybridized carbons (Fsp3) is 0.360. The molecule has 0 bridgehead atoms. The molecule has 0 radical (unpaired) electrons. The van der Waals surface area contributed by atoms with E-state index in [0.29, 0.717) is 11.4 Å². The lowest BCUT2D eigenvalue weighted by Gasteiger charge is -2.19. The molecule has 2 fully saturated rings. The highest BCUT2D eigenvalue weighted by Crippen LogP contribution is 2.40. The molecule has 2 aromatic rings. The monoisotopic (exact) mass is 434 g/mol. The Morgan fingerprint density at radius 3 is 2.38 bits per heavy atom. The summed E-state index contributed by atoms with van der Waals surface area (Å²) in [4.78, 5) is 51.6. The zero-order chi connectivity index (χ0) is 22.8. The molecule has 166 valence electrons. The number of carbonyl (C=O) groups is 4. The Hall–Kier alpha value is -3.48. The van der Waals surface area contributed by atoms with Gasteiger partial charge in [0.15, 0.2) is 6.61 Å². The van der Waals surface area contributed by atoms with E-state index in [9.17, 15) is 19.2 Å². The van der Waals surface area contributed by atoms with Gasteiger partial charge in [-0.15, -0.1) is 0 Å². The summed E-state index contributed by atoms with van der Waals surface area (Å²) in [5.41, 5.74) is 3.12. The lowest BCUT2D eigenvalue weighted by molar-refractivity contribution is -0.122. The zero-order valence-electron chi connectivity index (χ0n) is 18.2. The molecule has 1 aliphatic heterocycles. The van der Waals surface area contributed by atoms with Crippen molar-refractivity contribution in [2.45, 2.75) is 39.5 Å². The van der Waals surface area contributed by atoms with Crippen LogP contribution in [0, 0.1) is 25.7 Å². The van der Waals surface area contributed by atoms with Crippen LogP contribution >= 0.6 is 0 Å². The molecule has 0 unspecified atom stereocenters. The van der Waals surface area contributed by atoms with Crippen molar-refractivity contribution in [3.8, 4) is 0 Å². The number of rotatable bonds is 5. The average molecular weight is 434 g/mol. The molecular formula is C25H26N2O5. The van der Waals surface area contributed by atoms with Crippen LogP contribution in [0.3, 0.4) is 0 Å². The Kier molecular flexibility index (Phi) is 6.08. The van der Waals surface area contributed by atoms with Crippen molar-refractivity contribution in [2.75, 3.05) is 16.8 Å². The standard InChI is InChI=1S/C25H26N2O5/c1-15-10-11-16(2)21(12-15)26-22(28)14-32-25(31)17-6-5-7-18(13-17)27-23(29)19-8-3-4-9-20(19)24(27)30/h5-7,10-13,19-20H,3-4,8-9,14H2,1-2H3,(H,26,28)/t19-,20-/m1/s1. The topological polar surface area (TPSA) is 92.8 Å². The zero-order valence-corrected chi connectivity index (χ0v) is 18.2. The quantitative estimate of drug-likeness (QED) is 0.571. The van der Waals surface area contributed by atoms with Gasteiger partial charge in [-0.2, -0.15) is 0 Å². The number of anilines is 2. The first-order valence-corrected chi connectivity index (χ1v) is 10.9. The third-order valence-electron chi connectivity index (χ3n) is 6.18. The van der Waals surface area contributed by atoms with Crippen LogP contribution in [0.1, 0.15) is 47.2 Å². The number of esters is 1. The van der Waals surface area contributed by atoms with Crippen molar-refractivity contribution in [2.24, 2.45) is 11.8 Å². The van der Waals surface area contributed by atoms with Gasteiger partial charge in [0.25, 0.3) is 5.91 Å². The van der Waals surface area contributed by atoms with Gasteiger partial charge in [0.1, 0.15) is 0 Å². The minimum atomic E-state index is -0.695. The molecule has 0 aromatic heterocycles. The van der Waals surface area contributed by atoms with Crippen molar-refractivity contribution in [3.05, 3.63) is 59.2 Å². The number of carbonyl (C=O) groups excluding carboxylic acids is 4. The van der Waals surface area contributed by atoms with Crippen molar-refractivity contribution in [1.82, 2.24) is 0 Å². The van der Waals surface area contributed by atoms with E-state index in [1.54, 1.807) is 12.1 Å². The number of imide groups is 1. The summed E-state index contributed by atoms with van der Waals surface area (Å²) >= 11 is 0. The van der Waals surface area contributed by atoms with Gasteiger partial charge in [0.2, 0.25) is 11.8 Å². The summed E-state index contributed by atoms with van der Waals surface area (Å²) in [6, 6.07) is 11.9. The average Bonchev–Trinajstić information content (AvgIpc) is 3.05. The molecule has 3 amide bonds. The number of nitrogens with zero attached hydrogens (tertiary/aromatic N) is 1.